The van der Waals surface area contributed by atoms with Crippen LogP contribution >= 0.6 is 23.4 Å². The van der Waals surface area contributed by atoms with Crippen molar-refractivity contribution in [2.45, 2.75) is 18.8 Å². The second kappa shape index (κ2) is 8.75. The topological polar surface area (TPSA) is 88.3 Å². The number of hydrogen-bond acceptors (Lipinski definition) is 7. The van der Waals surface area contributed by atoms with E-state index in [1.54, 1.807) is 43.3 Å². The number of aromatic nitrogens is 2. The molecule has 0 bridgehead atoms. The van der Waals surface area contributed by atoms with E-state index in [2.05, 4.69) is 10.2 Å². The second-order valence-corrected chi connectivity index (χ2v) is 6.87. The molecule has 0 aliphatic carbocycles. The molecule has 8 heteroatoms. The average molecular weight is 402 g/mol. The highest BCUT2D eigenvalue weighted by Crippen LogP contribution is 2.30. The normalized spacial score (nSPS) is 11.4. The summed E-state index contributed by atoms with van der Waals surface area (Å²) in [6.45, 7) is 1.92. The molecule has 138 valence electrons. The number of para-hydroxylation sites is 1. The van der Waals surface area contributed by atoms with Gasteiger partial charge in [0.25, 0.3) is 5.22 Å². The van der Waals surface area contributed by atoms with Gasteiger partial charge in [-0.3, -0.25) is 0 Å². The summed E-state index contributed by atoms with van der Waals surface area (Å²) in [7, 11) is 0. The Morgan fingerprint density at radius 2 is 2.07 bits per heavy atom. The maximum absolute atomic E-state index is 11.5. The molecule has 6 nitrogen and oxygen atoms in total. The summed E-state index contributed by atoms with van der Waals surface area (Å²) in [5, 5.41) is 19.7. The van der Waals surface area contributed by atoms with Crippen molar-refractivity contribution in [1.82, 2.24) is 10.2 Å². The highest BCUT2D eigenvalue weighted by atomic mass is 35.5. The monoisotopic (exact) mass is 401 g/mol. The molecule has 1 heterocycles. The van der Waals surface area contributed by atoms with Crippen LogP contribution in [-0.4, -0.2) is 16.2 Å². The van der Waals surface area contributed by atoms with Crippen LogP contribution in [0.4, 0.5) is 0 Å². The minimum atomic E-state index is -1.35. The lowest BCUT2D eigenvalue weighted by Gasteiger charge is -2.11. The van der Waals surface area contributed by atoms with Crippen molar-refractivity contribution < 1.29 is 19.1 Å². The van der Waals surface area contributed by atoms with Gasteiger partial charge >= 0.3 is 0 Å². The van der Waals surface area contributed by atoms with Gasteiger partial charge in [-0.1, -0.05) is 41.9 Å². The van der Waals surface area contributed by atoms with E-state index in [1.165, 1.54) is 6.08 Å². The van der Waals surface area contributed by atoms with Crippen LogP contribution in [-0.2, 0) is 11.4 Å². The van der Waals surface area contributed by atoms with E-state index in [-0.39, 0.29) is 10.1 Å². The zero-order chi connectivity index (χ0) is 19.2. The molecule has 0 saturated carbocycles. The predicted molar refractivity (Wildman–Crippen MR) is 100 cm³/mol. The van der Waals surface area contributed by atoms with Gasteiger partial charge in [0.05, 0.1) is 5.97 Å². The van der Waals surface area contributed by atoms with Crippen LogP contribution in [0.5, 0.6) is 5.75 Å². The molecule has 0 N–H and O–H groups in total. The van der Waals surface area contributed by atoms with Gasteiger partial charge in [0.2, 0.25) is 5.89 Å². The van der Waals surface area contributed by atoms with Crippen molar-refractivity contribution in [2.75, 3.05) is 0 Å². The number of carboxylic acids is 1. The number of carbonyl (C=O) groups excluding carboxylic acids is 1. The zero-order valence-electron chi connectivity index (χ0n) is 14.2. The van der Waals surface area contributed by atoms with Crippen LogP contribution in [0.2, 0.25) is 5.02 Å². The number of thioether (sulfide) groups is 1. The van der Waals surface area contributed by atoms with Gasteiger partial charge in [-0.25, -0.2) is 0 Å². The van der Waals surface area contributed by atoms with Gasteiger partial charge in [0, 0.05) is 22.4 Å². The molecule has 0 unspecified atom stereocenters. The molecule has 0 radical (unpaired) electrons. The molecule has 0 aliphatic rings. The first kappa shape index (κ1) is 19.0. The Balaban J connectivity index is 1.82. The standard InChI is InChI=1S/C19H15ClN2O4S/c1-12-21-22-19(26-12)27-17(18(23)24)10-14-6-2-3-8-16(14)25-11-13-5-4-7-15(20)9-13/h2-10H,11H2,1H3,(H,23,24)/p-1/b17-10-. The van der Waals surface area contributed by atoms with Gasteiger partial charge in [0.1, 0.15) is 12.4 Å². The quantitative estimate of drug-likeness (QED) is 0.442. The van der Waals surface area contributed by atoms with Gasteiger partial charge in [-0.15, -0.1) is 10.2 Å². The van der Waals surface area contributed by atoms with Crippen molar-refractivity contribution in [3.63, 3.8) is 0 Å². The summed E-state index contributed by atoms with van der Waals surface area (Å²) in [6, 6.07) is 14.4. The Bertz CT molecular complexity index is 987. The summed E-state index contributed by atoms with van der Waals surface area (Å²) in [4.78, 5) is 11.4. The predicted octanol–water partition coefficient (Wildman–Crippen LogP) is 3.49. The third kappa shape index (κ3) is 5.35. The second-order valence-electron chi connectivity index (χ2n) is 5.44. The fourth-order valence-corrected chi connectivity index (χ4v) is 3.12. The van der Waals surface area contributed by atoms with Crippen molar-refractivity contribution in [3.05, 3.63) is 75.5 Å². The summed E-state index contributed by atoms with van der Waals surface area (Å²) in [6.07, 6.45) is 1.45. The first-order valence-corrected chi connectivity index (χ1v) is 9.08. The first-order chi connectivity index (χ1) is 13.0. The Kier molecular flexibility index (Phi) is 6.16. The van der Waals surface area contributed by atoms with Crippen molar-refractivity contribution in [3.8, 4) is 5.75 Å². The largest absolute Gasteiger partial charge is 0.544 e. The van der Waals surface area contributed by atoms with Crippen LogP contribution in [0.25, 0.3) is 6.08 Å². The van der Waals surface area contributed by atoms with E-state index in [9.17, 15) is 9.90 Å². The molecular weight excluding hydrogens is 388 g/mol. The molecule has 0 saturated heterocycles. The summed E-state index contributed by atoms with van der Waals surface area (Å²) < 4.78 is 11.0. The molecule has 0 fully saturated rings. The highest BCUT2D eigenvalue weighted by molar-refractivity contribution is 8.03. The Morgan fingerprint density at radius 1 is 1.26 bits per heavy atom. The maximum atomic E-state index is 11.5. The molecule has 0 atom stereocenters. The molecule has 0 spiro atoms. The fourth-order valence-electron chi connectivity index (χ4n) is 2.20. The van der Waals surface area contributed by atoms with Crippen LogP contribution in [0.15, 0.2) is 63.1 Å². The Hall–Kier alpha value is -2.77. The molecule has 3 rings (SSSR count). The highest BCUT2D eigenvalue weighted by Gasteiger charge is 2.11. The lowest BCUT2D eigenvalue weighted by atomic mass is 10.2. The number of rotatable bonds is 7. The number of benzene rings is 2. The number of ether oxygens (including phenoxy) is 1. The van der Waals surface area contributed by atoms with Crippen LogP contribution < -0.4 is 9.84 Å². The van der Waals surface area contributed by atoms with E-state index in [4.69, 9.17) is 20.8 Å². The number of halogens is 1. The lowest BCUT2D eigenvalue weighted by Crippen LogP contribution is -2.23. The van der Waals surface area contributed by atoms with E-state index < -0.39 is 5.97 Å². The van der Waals surface area contributed by atoms with E-state index in [0.29, 0.717) is 28.8 Å². The molecule has 2 aromatic carbocycles. The first-order valence-electron chi connectivity index (χ1n) is 7.88. The molecule has 3 aromatic rings. The molecule has 0 aliphatic heterocycles. The van der Waals surface area contributed by atoms with Gasteiger partial charge in [-0.05, 0) is 41.6 Å². The molecular formula is C19H14ClN2O4S-. The number of nitrogens with zero attached hydrogens (tertiary/aromatic N) is 2. The van der Waals surface area contributed by atoms with Crippen molar-refractivity contribution in [1.29, 1.82) is 0 Å². The smallest absolute Gasteiger partial charge is 0.281 e. The van der Waals surface area contributed by atoms with Crippen molar-refractivity contribution >= 4 is 35.4 Å². The minimum absolute atomic E-state index is 0.0718. The molecule has 27 heavy (non-hydrogen) atoms. The number of carboxylic acid groups (broad SMARTS) is 1. The maximum Gasteiger partial charge on any atom is 0.281 e. The van der Waals surface area contributed by atoms with Crippen LogP contribution in [0.1, 0.15) is 17.0 Å². The number of hydrogen-bond donors (Lipinski definition) is 0. The van der Waals surface area contributed by atoms with Crippen LogP contribution in [0.3, 0.4) is 0 Å². The average Bonchev–Trinajstić information content (AvgIpc) is 3.05. The summed E-state index contributed by atoms with van der Waals surface area (Å²) >= 11 is 6.80. The van der Waals surface area contributed by atoms with Gasteiger partial charge in [-0.2, -0.15) is 0 Å². The third-order valence-corrected chi connectivity index (χ3v) is 4.47. The SMILES string of the molecule is Cc1nnc(S/C(=C\c2ccccc2OCc2cccc(Cl)c2)C(=O)[O-])o1. The molecule has 0 amide bonds. The van der Waals surface area contributed by atoms with Gasteiger partial charge in [0.15, 0.2) is 0 Å². The zero-order valence-corrected chi connectivity index (χ0v) is 15.8. The van der Waals surface area contributed by atoms with E-state index in [0.717, 1.165) is 17.3 Å². The number of carbonyl (C=O) groups is 1. The minimum Gasteiger partial charge on any atom is -0.544 e. The number of aliphatic carboxylic acids is 1. The third-order valence-electron chi connectivity index (χ3n) is 3.39. The van der Waals surface area contributed by atoms with E-state index in [1.807, 2.05) is 12.1 Å². The Labute approximate surface area is 164 Å². The fraction of sp³-hybridized carbons (Fsp3) is 0.105. The van der Waals surface area contributed by atoms with Gasteiger partial charge < -0.3 is 19.1 Å². The van der Waals surface area contributed by atoms with Crippen molar-refractivity contribution in [2.24, 2.45) is 0 Å². The van der Waals surface area contributed by atoms with Crippen LogP contribution in [0, 0.1) is 6.92 Å². The number of aryl methyl sites for hydroxylation is 1. The lowest BCUT2D eigenvalue weighted by molar-refractivity contribution is -0.298. The summed E-state index contributed by atoms with van der Waals surface area (Å²) in [5.41, 5.74) is 1.49. The summed E-state index contributed by atoms with van der Waals surface area (Å²) in [5.74, 6) is -0.473. The molecule has 1 aromatic heterocycles. The Morgan fingerprint density at radius 3 is 2.78 bits per heavy atom. The van der Waals surface area contributed by atoms with E-state index >= 15 is 0 Å².